The Hall–Kier alpha value is -2.25. The fraction of sp³-hybridized carbons (Fsp3) is 0.381. The molecule has 158 valence electrons. The molecule has 0 saturated heterocycles. The number of sulfonamides is 1. The lowest BCUT2D eigenvalue weighted by molar-refractivity contribution is -0.122. The summed E-state index contributed by atoms with van der Waals surface area (Å²) in [6, 6.07) is 11.5. The summed E-state index contributed by atoms with van der Waals surface area (Å²) >= 11 is 6.19. The van der Waals surface area contributed by atoms with E-state index in [2.05, 4.69) is 5.32 Å². The summed E-state index contributed by atoms with van der Waals surface area (Å²) in [5, 5.41) is 3.28. The second-order valence-electron chi connectivity index (χ2n) is 6.67. The zero-order chi connectivity index (χ0) is 21.6. The third kappa shape index (κ3) is 5.87. The van der Waals surface area contributed by atoms with Gasteiger partial charge in [-0.3, -0.25) is 9.10 Å². The van der Waals surface area contributed by atoms with E-state index in [1.807, 2.05) is 38.1 Å². The van der Waals surface area contributed by atoms with Crippen molar-refractivity contribution in [2.75, 3.05) is 17.2 Å². The predicted octanol–water partition coefficient (Wildman–Crippen LogP) is 3.91. The number of nitrogens with one attached hydrogen (secondary N) is 1. The van der Waals surface area contributed by atoms with E-state index >= 15 is 0 Å². The number of carbonyl (C=O) groups excluding carboxylic acids is 1. The second kappa shape index (κ2) is 9.98. The van der Waals surface area contributed by atoms with Gasteiger partial charge in [-0.2, -0.15) is 0 Å². The first-order chi connectivity index (χ1) is 13.7. The second-order valence-corrected chi connectivity index (χ2v) is 8.94. The summed E-state index contributed by atoms with van der Waals surface area (Å²) in [6.45, 7) is 6.23. The van der Waals surface area contributed by atoms with E-state index in [4.69, 9.17) is 16.3 Å². The quantitative estimate of drug-likeness (QED) is 0.644. The molecule has 0 aromatic heterocycles. The number of hydrogen-bond acceptors (Lipinski definition) is 4. The topological polar surface area (TPSA) is 75.7 Å². The van der Waals surface area contributed by atoms with Crippen molar-refractivity contribution in [3.63, 3.8) is 0 Å². The Balaban J connectivity index is 2.28. The van der Waals surface area contributed by atoms with Gasteiger partial charge >= 0.3 is 0 Å². The molecule has 0 heterocycles. The van der Waals surface area contributed by atoms with Gasteiger partial charge in [0.05, 0.1) is 18.6 Å². The van der Waals surface area contributed by atoms with E-state index in [0.717, 1.165) is 21.7 Å². The zero-order valence-electron chi connectivity index (χ0n) is 17.1. The molecular formula is C21H27ClN2O4S. The highest BCUT2D eigenvalue weighted by Crippen LogP contribution is 2.28. The van der Waals surface area contributed by atoms with Gasteiger partial charge < -0.3 is 10.1 Å². The summed E-state index contributed by atoms with van der Waals surface area (Å²) in [4.78, 5) is 12.9. The van der Waals surface area contributed by atoms with Gasteiger partial charge in [0, 0.05) is 17.1 Å². The Bertz CT molecular complexity index is 963. The van der Waals surface area contributed by atoms with Crippen molar-refractivity contribution in [3.05, 3.63) is 58.6 Å². The van der Waals surface area contributed by atoms with Crippen LogP contribution in [-0.4, -0.2) is 33.2 Å². The van der Waals surface area contributed by atoms with Crippen molar-refractivity contribution in [2.24, 2.45) is 0 Å². The van der Waals surface area contributed by atoms with Crippen LogP contribution in [0.2, 0.25) is 5.02 Å². The standard InChI is InChI=1S/C21H27ClN2O4S/c1-5-19(21(25)23-14-16-9-7-8-10-20(16)28-6-2)24(29(4,26)27)17-12-11-15(3)18(22)13-17/h7-13,19H,5-6,14H2,1-4H3,(H,23,25)/t19-/m0/s1. The van der Waals surface area contributed by atoms with Crippen molar-refractivity contribution >= 4 is 33.2 Å². The lowest BCUT2D eigenvalue weighted by Gasteiger charge is -2.30. The number of halogens is 1. The minimum atomic E-state index is -3.71. The third-order valence-corrected chi connectivity index (χ3v) is 6.05. The number of anilines is 1. The molecule has 0 saturated carbocycles. The molecule has 1 amide bonds. The van der Waals surface area contributed by atoms with E-state index in [1.165, 1.54) is 0 Å². The van der Waals surface area contributed by atoms with Crippen molar-refractivity contribution < 1.29 is 17.9 Å². The Morgan fingerprint density at radius 3 is 2.48 bits per heavy atom. The molecule has 0 aliphatic rings. The molecule has 1 atom stereocenters. The van der Waals surface area contributed by atoms with Crippen molar-refractivity contribution in [3.8, 4) is 5.75 Å². The molecule has 2 rings (SSSR count). The molecule has 0 spiro atoms. The SMILES string of the molecule is CCOc1ccccc1CNC(=O)[C@H](CC)N(c1ccc(C)c(Cl)c1)S(C)(=O)=O. The smallest absolute Gasteiger partial charge is 0.244 e. The first kappa shape index (κ1) is 23.0. The van der Waals surface area contributed by atoms with E-state index in [0.29, 0.717) is 29.5 Å². The van der Waals surface area contributed by atoms with E-state index in [-0.39, 0.29) is 12.5 Å². The Morgan fingerprint density at radius 1 is 1.21 bits per heavy atom. The summed E-state index contributed by atoms with van der Waals surface area (Å²) in [6.07, 6.45) is 1.39. The molecule has 0 fully saturated rings. The predicted molar refractivity (Wildman–Crippen MR) is 117 cm³/mol. The van der Waals surface area contributed by atoms with Crippen LogP contribution in [0.15, 0.2) is 42.5 Å². The molecule has 0 unspecified atom stereocenters. The number of ether oxygens (including phenoxy) is 1. The maximum atomic E-state index is 12.9. The summed E-state index contributed by atoms with van der Waals surface area (Å²) in [5.41, 5.74) is 2.01. The Kier molecular flexibility index (Phi) is 7.93. The summed E-state index contributed by atoms with van der Waals surface area (Å²) < 4.78 is 31.8. The highest BCUT2D eigenvalue weighted by molar-refractivity contribution is 7.92. The van der Waals surface area contributed by atoms with Gasteiger partial charge in [0.1, 0.15) is 11.8 Å². The van der Waals surface area contributed by atoms with Crippen LogP contribution in [0.3, 0.4) is 0 Å². The van der Waals surface area contributed by atoms with Crippen molar-refractivity contribution in [1.82, 2.24) is 5.32 Å². The van der Waals surface area contributed by atoms with Crippen LogP contribution in [0.25, 0.3) is 0 Å². The fourth-order valence-corrected chi connectivity index (χ4v) is 4.40. The molecule has 29 heavy (non-hydrogen) atoms. The fourth-order valence-electron chi connectivity index (χ4n) is 3.03. The van der Waals surface area contributed by atoms with Crippen LogP contribution in [0.1, 0.15) is 31.4 Å². The molecule has 1 N–H and O–H groups in total. The van der Waals surface area contributed by atoms with Crippen LogP contribution in [-0.2, 0) is 21.4 Å². The average molecular weight is 439 g/mol. The van der Waals surface area contributed by atoms with Gasteiger partial charge in [-0.05, 0) is 44.0 Å². The number of aryl methyl sites for hydroxylation is 1. The molecule has 0 aliphatic carbocycles. The van der Waals surface area contributed by atoms with Crippen LogP contribution >= 0.6 is 11.6 Å². The minimum absolute atomic E-state index is 0.234. The Morgan fingerprint density at radius 2 is 1.90 bits per heavy atom. The van der Waals surface area contributed by atoms with Crippen LogP contribution in [0, 0.1) is 6.92 Å². The van der Waals surface area contributed by atoms with Gasteiger partial charge in [0.15, 0.2) is 0 Å². The number of carbonyl (C=O) groups is 1. The van der Waals surface area contributed by atoms with Crippen molar-refractivity contribution in [2.45, 2.75) is 39.8 Å². The van der Waals surface area contributed by atoms with Crippen LogP contribution in [0.5, 0.6) is 5.75 Å². The van der Waals surface area contributed by atoms with Gasteiger partial charge in [-0.15, -0.1) is 0 Å². The molecule has 0 bridgehead atoms. The lowest BCUT2D eigenvalue weighted by Crippen LogP contribution is -2.49. The highest BCUT2D eigenvalue weighted by Gasteiger charge is 2.31. The molecule has 8 heteroatoms. The van der Waals surface area contributed by atoms with E-state index in [1.54, 1.807) is 25.1 Å². The van der Waals surface area contributed by atoms with E-state index < -0.39 is 16.1 Å². The number of hydrogen-bond donors (Lipinski definition) is 1. The minimum Gasteiger partial charge on any atom is -0.494 e. The maximum absolute atomic E-state index is 12.9. The van der Waals surface area contributed by atoms with Gasteiger partial charge in [-0.1, -0.05) is 42.8 Å². The molecular weight excluding hydrogens is 412 g/mol. The number of rotatable bonds is 9. The number of para-hydroxylation sites is 1. The normalized spacial score (nSPS) is 12.3. The largest absolute Gasteiger partial charge is 0.494 e. The van der Waals surface area contributed by atoms with Gasteiger partial charge in [0.2, 0.25) is 15.9 Å². The number of amides is 1. The highest BCUT2D eigenvalue weighted by atomic mass is 35.5. The lowest BCUT2D eigenvalue weighted by atomic mass is 10.1. The van der Waals surface area contributed by atoms with Gasteiger partial charge in [-0.25, -0.2) is 8.42 Å². The summed E-state index contributed by atoms with van der Waals surface area (Å²) in [5.74, 6) is 0.301. The zero-order valence-corrected chi connectivity index (χ0v) is 18.7. The molecule has 0 radical (unpaired) electrons. The van der Waals surface area contributed by atoms with E-state index in [9.17, 15) is 13.2 Å². The maximum Gasteiger partial charge on any atom is 0.244 e. The van der Waals surface area contributed by atoms with Gasteiger partial charge in [0.25, 0.3) is 0 Å². The molecule has 6 nitrogen and oxygen atoms in total. The average Bonchev–Trinajstić information content (AvgIpc) is 2.66. The van der Waals surface area contributed by atoms with Crippen LogP contribution in [0.4, 0.5) is 5.69 Å². The number of benzene rings is 2. The molecule has 2 aromatic carbocycles. The molecule has 0 aliphatic heterocycles. The first-order valence-electron chi connectivity index (χ1n) is 9.43. The Labute approximate surface area is 177 Å². The third-order valence-electron chi connectivity index (χ3n) is 4.47. The monoisotopic (exact) mass is 438 g/mol. The molecule has 2 aromatic rings. The van der Waals surface area contributed by atoms with Crippen LogP contribution < -0.4 is 14.4 Å². The number of nitrogens with zero attached hydrogens (tertiary/aromatic N) is 1. The first-order valence-corrected chi connectivity index (χ1v) is 11.7. The summed E-state index contributed by atoms with van der Waals surface area (Å²) in [7, 11) is -3.71. The van der Waals surface area contributed by atoms with Crippen molar-refractivity contribution in [1.29, 1.82) is 0 Å².